The van der Waals surface area contributed by atoms with Crippen LogP contribution in [-0.4, -0.2) is 25.4 Å². The minimum atomic E-state index is -0.402. The number of carbonyl (C=O) groups is 2. The number of benzene rings is 2. The van der Waals surface area contributed by atoms with Gasteiger partial charge >= 0.3 is 0 Å². The number of rotatable bonds is 7. The van der Waals surface area contributed by atoms with Crippen LogP contribution < -0.4 is 14.8 Å². The SMILES string of the molecule is CCOc1cc(C=O)ccc1OCC(=O)Nc1cc(Cl)ccc1Cl. The summed E-state index contributed by atoms with van der Waals surface area (Å²) in [5.41, 5.74) is 0.861. The Hall–Kier alpha value is -2.24. The maximum absolute atomic E-state index is 12.0. The van der Waals surface area contributed by atoms with E-state index in [1.807, 2.05) is 6.92 Å². The Balaban J connectivity index is 2.03. The van der Waals surface area contributed by atoms with Crippen LogP contribution in [-0.2, 0) is 4.79 Å². The van der Waals surface area contributed by atoms with Gasteiger partial charge in [-0.3, -0.25) is 9.59 Å². The average molecular weight is 368 g/mol. The normalized spacial score (nSPS) is 10.1. The van der Waals surface area contributed by atoms with Gasteiger partial charge in [0.1, 0.15) is 6.29 Å². The average Bonchev–Trinajstić information content (AvgIpc) is 2.57. The van der Waals surface area contributed by atoms with Gasteiger partial charge in [-0.2, -0.15) is 0 Å². The lowest BCUT2D eigenvalue weighted by atomic mass is 10.2. The minimum absolute atomic E-state index is 0.247. The maximum Gasteiger partial charge on any atom is 0.262 e. The molecule has 0 aromatic heterocycles. The van der Waals surface area contributed by atoms with Crippen molar-refractivity contribution in [2.75, 3.05) is 18.5 Å². The highest BCUT2D eigenvalue weighted by molar-refractivity contribution is 6.35. The van der Waals surface area contributed by atoms with Gasteiger partial charge in [0.2, 0.25) is 0 Å². The Kier molecular flexibility index (Phi) is 6.46. The number of nitrogens with one attached hydrogen (secondary N) is 1. The monoisotopic (exact) mass is 367 g/mol. The molecule has 0 bridgehead atoms. The van der Waals surface area contributed by atoms with Crippen LogP contribution in [0.3, 0.4) is 0 Å². The third kappa shape index (κ3) is 4.88. The summed E-state index contributed by atoms with van der Waals surface area (Å²) >= 11 is 11.9. The number of aldehydes is 1. The van der Waals surface area contributed by atoms with Gasteiger partial charge in [-0.1, -0.05) is 23.2 Å². The second kappa shape index (κ2) is 8.57. The van der Waals surface area contributed by atoms with Crippen LogP contribution in [0.4, 0.5) is 5.69 Å². The zero-order valence-electron chi connectivity index (χ0n) is 12.8. The molecule has 0 aliphatic heterocycles. The molecule has 1 N–H and O–H groups in total. The highest BCUT2D eigenvalue weighted by Gasteiger charge is 2.11. The molecule has 0 aliphatic rings. The number of halogens is 2. The van der Waals surface area contributed by atoms with E-state index in [4.69, 9.17) is 32.7 Å². The fourth-order valence-electron chi connectivity index (χ4n) is 1.91. The largest absolute Gasteiger partial charge is 0.490 e. The molecule has 0 atom stereocenters. The number of anilines is 1. The molecular formula is C17H15Cl2NO4. The standard InChI is InChI=1S/C17H15Cl2NO4/c1-2-23-16-7-11(9-21)3-6-15(16)24-10-17(22)20-14-8-12(18)4-5-13(14)19/h3-9H,2,10H2,1H3,(H,20,22). The minimum Gasteiger partial charge on any atom is -0.490 e. The summed E-state index contributed by atoms with van der Waals surface area (Å²) in [6, 6.07) is 9.47. The lowest BCUT2D eigenvalue weighted by Gasteiger charge is -2.13. The van der Waals surface area contributed by atoms with Crippen molar-refractivity contribution in [2.24, 2.45) is 0 Å². The third-order valence-corrected chi connectivity index (χ3v) is 3.53. The molecule has 0 saturated carbocycles. The summed E-state index contributed by atoms with van der Waals surface area (Å²) in [7, 11) is 0. The Morgan fingerprint density at radius 3 is 2.62 bits per heavy atom. The van der Waals surface area contributed by atoms with Gasteiger partial charge in [0.15, 0.2) is 18.1 Å². The molecule has 0 spiro atoms. The van der Waals surface area contributed by atoms with E-state index in [-0.39, 0.29) is 6.61 Å². The van der Waals surface area contributed by atoms with E-state index in [2.05, 4.69) is 5.32 Å². The molecule has 0 unspecified atom stereocenters. The molecule has 24 heavy (non-hydrogen) atoms. The van der Waals surface area contributed by atoms with Crippen molar-refractivity contribution in [3.63, 3.8) is 0 Å². The van der Waals surface area contributed by atoms with Crippen molar-refractivity contribution < 1.29 is 19.1 Å². The van der Waals surface area contributed by atoms with Crippen molar-refractivity contribution in [1.29, 1.82) is 0 Å². The van der Waals surface area contributed by atoms with E-state index in [0.29, 0.717) is 45.7 Å². The summed E-state index contributed by atoms with van der Waals surface area (Å²) in [6.45, 7) is 1.97. The fourth-order valence-corrected chi connectivity index (χ4v) is 2.25. The molecule has 1 amide bonds. The van der Waals surface area contributed by atoms with Gasteiger partial charge in [0, 0.05) is 10.6 Å². The topological polar surface area (TPSA) is 64.6 Å². The zero-order valence-corrected chi connectivity index (χ0v) is 14.4. The first kappa shape index (κ1) is 18.1. The Morgan fingerprint density at radius 2 is 1.92 bits per heavy atom. The molecule has 0 fully saturated rings. The van der Waals surface area contributed by atoms with E-state index in [1.165, 1.54) is 0 Å². The summed E-state index contributed by atoms with van der Waals surface area (Å²) < 4.78 is 10.9. The van der Waals surface area contributed by atoms with Crippen molar-refractivity contribution in [1.82, 2.24) is 0 Å². The smallest absolute Gasteiger partial charge is 0.262 e. The molecule has 2 rings (SSSR count). The van der Waals surface area contributed by atoms with Crippen molar-refractivity contribution in [2.45, 2.75) is 6.92 Å². The van der Waals surface area contributed by atoms with Crippen LogP contribution in [0.2, 0.25) is 10.0 Å². The highest BCUT2D eigenvalue weighted by Crippen LogP contribution is 2.28. The lowest BCUT2D eigenvalue weighted by Crippen LogP contribution is -2.20. The van der Waals surface area contributed by atoms with Crippen LogP contribution in [0.1, 0.15) is 17.3 Å². The number of hydrogen-bond donors (Lipinski definition) is 1. The molecule has 0 radical (unpaired) electrons. The number of carbonyl (C=O) groups excluding carboxylic acids is 2. The van der Waals surface area contributed by atoms with E-state index in [0.717, 1.165) is 0 Å². The Labute approximate surface area is 149 Å². The van der Waals surface area contributed by atoms with Gasteiger partial charge < -0.3 is 14.8 Å². The second-order valence-electron chi connectivity index (χ2n) is 4.72. The first-order valence-corrected chi connectivity index (χ1v) is 7.88. The summed E-state index contributed by atoms with van der Waals surface area (Å²) in [5.74, 6) is 0.367. The van der Waals surface area contributed by atoms with Gasteiger partial charge in [-0.15, -0.1) is 0 Å². The fraction of sp³-hybridized carbons (Fsp3) is 0.176. The summed E-state index contributed by atoms with van der Waals surface area (Å²) in [4.78, 5) is 22.8. The second-order valence-corrected chi connectivity index (χ2v) is 5.56. The van der Waals surface area contributed by atoms with Crippen LogP contribution in [0.15, 0.2) is 36.4 Å². The van der Waals surface area contributed by atoms with Gasteiger partial charge in [0.05, 0.1) is 17.3 Å². The van der Waals surface area contributed by atoms with Gasteiger partial charge in [-0.25, -0.2) is 0 Å². The predicted octanol–water partition coefficient (Wildman–Crippen LogP) is 4.22. The quantitative estimate of drug-likeness (QED) is 0.744. The number of ether oxygens (including phenoxy) is 2. The Morgan fingerprint density at radius 1 is 1.12 bits per heavy atom. The van der Waals surface area contributed by atoms with Gasteiger partial charge in [0.25, 0.3) is 5.91 Å². The Bertz CT molecular complexity index is 749. The molecule has 0 saturated heterocycles. The molecule has 0 heterocycles. The van der Waals surface area contributed by atoms with Crippen LogP contribution in [0.5, 0.6) is 11.5 Å². The lowest BCUT2D eigenvalue weighted by molar-refractivity contribution is -0.118. The van der Waals surface area contributed by atoms with Crippen molar-refractivity contribution >= 4 is 41.1 Å². The molecule has 5 nitrogen and oxygen atoms in total. The third-order valence-electron chi connectivity index (χ3n) is 2.96. The molecular weight excluding hydrogens is 353 g/mol. The van der Waals surface area contributed by atoms with Crippen molar-refractivity contribution in [3.8, 4) is 11.5 Å². The zero-order chi connectivity index (χ0) is 17.5. The van der Waals surface area contributed by atoms with Crippen molar-refractivity contribution in [3.05, 3.63) is 52.0 Å². The van der Waals surface area contributed by atoms with Crippen LogP contribution in [0.25, 0.3) is 0 Å². The molecule has 126 valence electrons. The predicted molar refractivity (Wildman–Crippen MR) is 93.6 cm³/mol. The molecule has 0 aliphatic carbocycles. The van der Waals surface area contributed by atoms with Crippen LogP contribution in [0, 0.1) is 0 Å². The number of amides is 1. The first-order chi connectivity index (χ1) is 11.5. The molecule has 7 heteroatoms. The number of hydrogen-bond acceptors (Lipinski definition) is 4. The van der Waals surface area contributed by atoms with E-state index >= 15 is 0 Å². The first-order valence-electron chi connectivity index (χ1n) is 7.13. The van der Waals surface area contributed by atoms with Crippen LogP contribution >= 0.6 is 23.2 Å². The molecule has 2 aromatic carbocycles. The summed E-state index contributed by atoms with van der Waals surface area (Å²) in [6.07, 6.45) is 0.708. The van der Waals surface area contributed by atoms with Gasteiger partial charge in [-0.05, 0) is 43.3 Å². The maximum atomic E-state index is 12.0. The van der Waals surface area contributed by atoms with E-state index in [1.54, 1.807) is 36.4 Å². The van der Waals surface area contributed by atoms with E-state index < -0.39 is 5.91 Å². The van der Waals surface area contributed by atoms with E-state index in [9.17, 15) is 9.59 Å². The summed E-state index contributed by atoms with van der Waals surface area (Å²) in [5, 5.41) is 3.45. The highest BCUT2D eigenvalue weighted by atomic mass is 35.5. The molecule has 2 aromatic rings.